The Balaban J connectivity index is 2.37. The molecular weight excluding hydrogens is 226 g/mol. The van der Waals surface area contributed by atoms with E-state index >= 15 is 0 Å². The molecule has 0 saturated carbocycles. The molecule has 82 valence electrons. The molecule has 2 rings (SSSR count). The highest BCUT2D eigenvalue weighted by atomic mass is 32.1. The van der Waals surface area contributed by atoms with Gasteiger partial charge < -0.3 is 5.73 Å². The van der Waals surface area contributed by atoms with Crippen LogP contribution >= 0.6 is 11.3 Å². The number of thiazole rings is 1. The molecule has 2 amide bonds. The van der Waals surface area contributed by atoms with E-state index in [2.05, 4.69) is 10.3 Å². The molecule has 0 atom stereocenters. The molecule has 6 heteroatoms. The zero-order valence-corrected chi connectivity index (χ0v) is 9.30. The second-order valence-corrected chi connectivity index (χ2v) is 4.40. The van der Waals surface area contributed by atoms with Crippen molar-refractivity contribution in [2.24, 2.45) is 0 Å². The van der Waals surface area contributed by atoms with Crippen LogP contribution in [0.5, 0.6) is 0 Å². The Hall–Kier alpha value is -1.95. The smallest absolute Gasteiger partial charge is 0.258 e. The number of nitrogen functional groups attached to an aromatic ring is 1. The maximum atomic E-state index is 11.5. The summed E-state index contributed by atoms with van der Waals surface area (Å²) < 4.78 is 0. The van der Waals surface area contributed by atoms with E-state index in [1.807, 2.05) is 0 Å². The number of hydrogen-bond acceptors (Lipinski definition) is 5. The molecule has 0 aliphatic carbocycles. The molecule has 2 heterocycles. The number of nitrogens with one attached hydrogen (secondary N) is 1. The first-order valence-corrected chi connectivity index (χ1v) is 5.35. The topological polar surface area (TPSA) is 85.1 Å². The van der Waals surface area contributed by atoms with Crippen LogP contribution in [-0.2, 0) is 9.59 Å². The monoisotopic (exact) mass is 235 g/mol. The lowest BCUT2D eigenvalue weighted by atomic mass is 10.1. The summed E-state index contributed by atoms with van der Waals surface area (Å²) in [6.45, 7) is 1.65. The Kier molecular flexibility index (Phi) is 2.57. The summed E-state index contributed by atoms with van der Waals surface area (Å²) in [5.74, 6) is -0.756. The molecule has 0 radical (unpaired) electrons. The number of nitrogens with two attached hydrogens (primary N) is 1. The van der Waals surface area contributed by atoms with Gasteiger partial charge in [0.1, 0.15) is 0 Å². The van der Waals surface area contributed by atoms with Crippen LogP contribution in [0, 0.1) is 0 Å². The van der Waals surface area contributed by atoms with Crippen molar-refractivity contribution >= 4 is 34.4 Å². The van der Waals surface area contributed by atoms with Crippen LogP contribution in [0.4, 0.5) is 5.13 Å². The fourth-order valence-corrected chi connectivity index (χ4v) is 1.90. The molecule has 1 aromatic heterocycles. The maximum absolute atomic E-state index is 11.5. The van der Waals surface area contributed by atoms with Gasteiger partial charge in [-0.15, -0.1) is 0 Å². The molecule has 0 bridgehead atoms. The van der Waals surface area contributed by atoms with E-state index in [-0.39, 0.29) is 5.91 Å². The standard InChI is InChI=1S/C10H9N3O2S/c1-5-2-6(9(15)13-8(5)14)3-7-4-12-10(11)16-7/h2-4H,1H3,(H2,11,12)(H,13,14,15)/b6-3-. The zero-order valence-electron chi connectivity index (χ0n) is 8.48. The quantitative estimate of drug-likeness (QED) is 0.554. The number of imide groups is 1. The second kappa shape index (κ2) is 3.90. The van der Waals surface area contributed by atoms with Crippen LogP contribution in [0.1, 0.15) is 11.8 Å². The van der Waals surface area contributed by atoms with Gasteiger partial charge in [-0.1, -0.05) is 11.3 Å². The van der Waals surface area contributed by atoms with Gasteiger partial charge in [0.15, 0.2) is 5.13 Å². The number of aromatic nitrogens is 1. The van der Waals surface area contributed by atoms with Gasteiger partial charge in [-0.3, -0.25) is 14.9 Å². The summed E-state index contributed by atoms with van der Waals surface area (Å²) in [6, 6.07) is 0. The van der Waals surface area contributed by atoms with E-state index < -0.39 is 5.91 Å². The Morgan fingerprint density at radius 3 is 2.81 bits per heavy atom. The highest BCUT2D eigenvalue weighted by molar-refractivity contribution is 7.16. The van der Waals surface area contributed by atoms with Crippen molar-refractivity contribution in [1.82, 2.24) is 10.3 Å². The highest BCUT2D eigenvalue weighted by Crippen LogP contribution is 2.20. The summed E-state index contributed by atoms with van der Waals surface area (Å²) in [4.78, 5) is 27.3. The number of nitrogens with zero attached hydrogens (tertiary/aromatic N) is 1. The molecule has 1 aliphatic heterocycles. The molecule has 0 fully saturated rings. The average molecular weight is 235 g/mol. The van der Waals surface area contributed by atoms with Gasteiger partial charge in [0.2, 0.25) is 0 Å². The minimum Gasteiger partial charge on any atom is -0.375 e. The molecule has 0 unspecified atom stereocenters. The molecule has 3 N–H and O–H groups in total. The SMILES string of the molecule is CC1=C/C(=C/c2cnc(N)s2)C(=O)NC1=O. The van der Waals surface area contributed by atoms with Crippen molar-refractivity contribution in [2.45, 2.75) is 6.92 Å². The number of carbonyl (C=O) groups is 2. The summed E-state index contributed by atoms with van der Waals surface area (Å²) in [5, 5.41) is 2.69. The average Bonchev–Trinajstić information content (AvgIpc) is 2.60. The number of hydrogen-bond donors (Lipinski definition) is 2. The maximum Gasteiger partial charge on any atom is 0.258 e. The van der Waals surface area contributed by atoms with E-state index in [1.165, 1.54) is 11.3 Å². The van der Waals surface area contributed by atoms with Gasteiger partial charge in [-0.05, 0) is 19.1 Å². The van der Waals surface area contributed by atoms with E-state index in [0.29, 0.717) is 16.3 Å². The predicted octanol–water partition coefficient (Wildman–Crippen LogP) is 0.711. The third-order valence-corrected chi connectivity index (χ3v) is 2.83. The lowest BCUT2D eigenvalue weighted by Crippen LogP contribution is -2.35. The van der Waals surface area contributed by atoms with E-state index in [1.54, 1.807) is 25.3 Å². The normalized spacial score (nSPS) is 18.6. The second-order valence-electron chi connectivity index (χ2n) is 3.31. The lowest BCUT2D eigenvalue weighted by Gasteiger charge is -2.11. The van der Waals surface area contributed by atoms with Crippen molar-refractivity contribution < 1.29 is 9.59 Å². The van der Waals surface area contributed by atoms with E-state index in [0.717, 1.165) is 4.88 Å². The van der Waals surface area contributed by atoms with Crippen molar-refractivity contribution in [3.05, 3.63) is 28.3 Å². The first-order valence-electron chi connectivity index (χ1n) is 4.53. The lowest BCUT2D eigenvalue weighted by molar-refractivity contribution is -0.126. The van der Waals surface area contributed by atoms with Crippen molar-refractivity contribution in [3.63, 3.8) is 0 Å². The number of anilines is 1. The third-order valence-electron chi connectivity index (χ3n) is 2.06. The molecule has 0 spiro atoms. The number of rotatable bonds is 1. The highest BCUT2D eigenvalue weighted by Gasteiger charge is 2.19. The van der Waals surface area contributed by atoms with Gasteiger partial charge in [-0.2, -0.15) is 0 Å². The summed E-state index contributed by atoms with van der Waals surface area (Å²) in [7, 11) is 0. The van der Waals surface area contributed by atoms with Gasteiger partial charge in [0.05, 0.1) is 0 Å². The van der Waals surface area contributed by atoms with Gasteiger partial charge in [0, 0.05) is 22.2 Å². The van der Waals surface area contributed by atoms with Crippen LogP contribution in [0.15, 0.2) is 23.4 Å². The first kappa shape index (κ1) is 10.6. The Bertz CT molecular complexity index is 528. The molecule has 1 aliphatic rings. The predicted molar refractivity (Wildman–Crippen MR) is 61.4 cm³/mol. The summed E-state index contributed by atoms with van der Waals surface area (Å²) in [5.41, 5.74) is 6.41. The largest absolute Gasteiger partial charge is 0.375 e. The van der Waals surface area contributed by atoms with Gasteiger partial charge in [0.25, 0.3) is 11.8 Å². The minimum absolute atomic E-state index is 0.356. The number of carbonyl (C=O) groups excluding carboxylic acids is 2. The zero-order chi connectivity index (χ0) is 11.7. The summed E-state index contributed by atoms with van der Waals surface area (Å²) in [6.07, 6.45) is 4.79. The van der Waals surface area contributed by atoms with Crippen LogP contribution in [0.25, 0.3) is 6.08 Å². The molecule has 0 saturated heterocycles. The molecule has 1 aromatic rings. The van der Waals surface area contributed by atoms with Gasteiger partial charge >= 0.3 is 0 Å². The molecule has 0 aromatic carbocycles. The molecular formula is C10H9N3O2S. The van der Waals surface area contributed by atoms with Crippen LogP contribution < -0.4 is 11.1 Å². The first-order chi connectivity index (χ1) is 7.56. The van der Waals surface area contributed by atoms with E-state index in [4.69, 9.17) is 5.73 Å². The third kappa shape index (κ3) is 2.01. The van der Waals surface area contributed by atoms with Crippen molar-refractivity contribution in [1.29, 1.82) is 0 Å². The fraction of sp³-hybridized carbons (Fsp3) is 0.100. The van der Waals surface area contributed by atoms with Crippen LogP contribution in [-0.4, -0.2) is 16.8 Å². The van der Waals surface area contributed by atoms with Gasteiger partial charge in [-0.25, -0.2) is 4.98 Å². The molecule has 16 heavy (non-hydrogen) atoms. The van der Waals surface area contributed by atoms with E-state index in [9.17, 15) is 9.59 Å². The van der Waals surface area contributed by atoms with Crippen LogP contribution in [0.2, 0.25) is 0 Å². The summed E-state index contributed by atoms with van der Waals surface area (Å²) >= 11 is 1.28. The van der Waals surface area contributed by atoms with Crippen molar-refractivity contribution in [2.75, 3.05) is 5.73 Å². The number of amides is 2. The Labute approximate surface area is 95.7 Å². The minimum atomic E-state index is -0.400. The van der Waals surface area contributed by atoms with Crippen LogP contribution in [0.3, 0.4) is 0 Å². The Morgan fingerprint density at radius 1 is 1.44 bits per heavy atom. The fourth-order valence-electron chi connectivity index (χ4n) is 1.27. The van der Waals surface area contributed by atoms with Crippen molar-refractivity contribution in [3.8, 4) is 0 Å². The Morgan fingerprint density at radius 2 is 2.19 bits per heavy atom. The molecule has 5 nitrogen and oxygen atoms in total.